The number of nitrogens with zero attached hydrogens (tertiary/aromatic N) is 3. The molecule has 2 N–H and O–H groups in total. The minimum Gasteiger partial charge on any atom is -0.478 e. The Morgan fingerprint density at radius 2 is 2.21 bits per heavy atom. The van der Waals surface area contributed by atoms with E-state index in [1.165, 1.54) is 0 Å². The molecule has 0 atom stereocenters. The lowest BCUT2D eigenvalue weighted by molar-refractivity contribution is 0.0699. The molecule has 0 bridgehead atoms. The van der Waals surface area contributed by atoms with Gasteiger partial charge in [0.15, 0.2) is 0 Å². The zero-order valence-corrected chi connectivity index (χ0v) is 10.9. The first-order valence-electron chi connectivity index (χ1n) is 5.95. The molecule has 19 heavy (non-hydrogen) atoms. The van der Waals surface area contributed by atoms with E-state index in [2.05, 4.69) is 15.3 Å². The van der Waals surface area contributed by atoms with Crippen LogP contribution < -0.4 is 5.32 Å². The molecule has 0 fully saturated rings. The smallest absolute Gasteiger partial charge is 0.337 e. The number of hydrogen-bond acceptors (Lipinski definition) is 5. The lowest BCUT2D eigenvalue weighted by Crippen LogP contribution is -2.21. The molecule has 1 aromatic carbocycles. The molecule has 100 valence electrons. The number of aromatic nitrogens is 2. The quantitative estimate of drug-likeness (QED) is 0.843. The zero-order chi connectivity index (χ0) is 13.8. The summed E-state index contributed by atoms with van der Waals surface area (Å²) in [6, 6.07) is 5.03. The molecule has 0 aliphatic carbocycles. The summed E-state index contributed by atoms with van der Waals surface area (Å²) in [6.07, 6.45) is 1.63. The predicted molar refractivity (Wildman–Crippen MR) is 73.5 cm³/mol. The second-order valence-electron chi connectivity index (χ2n) is 4.47. The first-order valence-corrected chi connectivity index (χ1v) is 5.95. The van der Waals surface area contributed by atoms with Crippen molar-refractivity contribution in [3.8, 4) is 0 Å². The molecule has 0 saturated carbocycles. The average molecular weight is 260 g/mol. The molecule has 6 heteroatoms. The van der Waals surface area contributed by atoms with Crippen LogP contribution in [0.2, 0.25) is 0 Å². The van der Waals surface area contributed by atoms with Gasteiger partial charge in [0, 0.05) is 24.7 Å². The van der Waals surface area contributed by atoms with Crippen LogP contribution >= 0.6 is 0 Å². The fraction of sp³-hybridized carbons (Fsp3) is 0.308. The van der Waals surface area contributed by atoms with Gasteiger partial charge in [-0.2, -0.15) is 0 Å². The number of hydrogen-bond donors (Lipinski definition) is 2. The number of carboxylic acids is 1. The Kier molecular flexibility index (Phi) is 3.91. The van der Waals surface area contributed by atoms with Crippen LogP contribution in [-0.2, 0) is 0 Å². The molecule has 0 radical (unpaired) electrons. The van der Waals surface area contributed by atoms with Gasteiger partial charge in [-0.3, -0.25) is 0 Å². The summed E-state index contributed by atoms with van der Waals surface area (Å²) in [5, 5.41) is 12.9. The zero-order valence-electron chi connectivity index (χ0n) is 10.9. The van der Waals surface area contributed by atoms with E-state index in [0.29, 0.717) is 18.0 Å². The number of likely N-dealkylation sites (N-methyl/N-ethyl adjacent to an activating group) is 1. The molecule has 2 aromatic rings. The van der Waals surface area contributed by atoms with Gasteiger partial charge in [-0.05, 0) is 20.2 Å². The Labute approximate surface area is 111 Å². The van der Waals surface area contributed by atoms with Gasteiger partial charge in [0.1, 0.15) is 0 Å². The Morgan fingerprint density at radius 1 is 1.42 bits per heavy atom. The van der Waals surface area contributed by atoms with Gasteiger partial charge in [0.05, 0.1) is 11.1 Å². The molecule has 6 nitrogen and oxygen atoms in total. The number of para-hydroxylation sites is 1. The summed E-state index contributed by atoms with van der Waals surface area (Å²) in [6.45, 7) is 1.55. The molecule has 1 aromatic heterocycles. The third-order valence-electron chi connectivity index (χ3n) is 2.68. The maximum absolute atomic E-state index is 11.1. The van der Waals surface area contributed by atoms with Crippen molar-refractivity contribution < 1.29 is 9.90 Å². The van der Waals surface area contributed by atoms with Gasteiger partial charge in [-0.25, -0.2) is 14.8 Å². The molecule has 1 heterocycles. The van der Waals surface area contributed by atoms with Crippen LogP contribution in [0, 0.1) is 0 Å². The SMILES string of the molecule is CN(C)CCNc1ncc2cccc(C(=O)O)c2n1. The van der Waals surface area contributed by atoms with Crippen LogP contribution in [0.5, 0.6) is 0 Å². The second-order valence-corrected chi connectivity index (χ2v) is 4.47. The minimum atomic E-state index is -0.983. The maximum Gasteiger partial charge on any atom is 0.337 e. The van der Waals surface area contributed by atoms with Gasteiger partial charge in [0.25, 0.3) is 0 Å². The highest BCUT2D eigenvalue weighted by molar-refractivity contribution is 6.01. The maximum atomic E-state index is 11.1. The molecule has 0 aliphatic heterocycles. The number of anilines is 1. The number of carbonyl (C=O) groups is 1. The second kappa shape index (κ2) is 5.62. The van der Waals surface area contributed by atoms with Crippen molar-refractivity contribution in [1.82, 2.24) is 14.9 Å². The first kappa shape index (κ1) is 13.2. The molecular formula is C13H16N4O2. The third-order valence-corrected chi connectivity index (χ3v) is 2.68. The molecule has 0 unspecified atom stereocenters. The largest absolute Gasteiger partial charge is 0.478 e. The summed E-state index contributed by atoms with van der Waals surface area (Å²) in [5.41, 5.74) is 0.646. The average Bonchev–Trinajstić information content (AvgIpc) is 2.37. The van der Waals surface area contributed by atoms with E-state index in [-0.39, 0.29) is 5.56 Å². The van der Waals surface area contributed by atoms with E-state index in [1.807, 2.05) is 19.0 Å². The number of benzene rings is 1. The Hall–Kier alpha value is -2.21. The van der Waals surface area contributed by atoms with Crippen molar-refractivity contribution in [2.24, 2.45) is 0 Å². The third kappa shape index (κ3) is 3.17. The summed E-state index contributed by atoms with van der Waals surface area (Å²) >= 11 is 0. The lowest BCUT2D eigenvalue weighted by Gasteiger charge is -2.10. The van der Waals surface area contributed by atoms with Gasteiger partial charge < -0.3 is 15.3 Å². The highest BCUT2D eigenvalue weighted by atomic mass is 16.4. The summed E-state index contributed by atoms with van der Waals surface area (Å²) in [4.78, 5) is 21.6. The van der Waals surface area contributed by atoms with Crippen LogP contribution in [0.25, 0.3) is 10.9 Å². The number of aromatic carboxylic acids is 1. The van der Waals surface area contributed by atoms with E-state index in [4.69, 9.17) is 5.11 Å². The Balaban J connectivity index is 2.28. The molecule has 0 saturated heterocycles. The Morgan fingerprint density at radius 3 is 2.89 bits per heavy atom. The van der Waals surface area contributed by atoms with Crippen LogP contribution in [0.15, 0.2) is 24.4 Å². The summed E-state index contributed by atoms with van der Waals surface area (Å²) in [5.74, 6) is -0.536. The predicted octanol–water partition coefficient (Wildman–Crippen LogP) is 1.30. The molecule has 0 amide bonds. The van der Waals surface area contributed by atoms with Crippen LogP contribution in [-0.4, -0.2) is 53.1 Å². The Bertz CT molecular complexity index is 598. The number of nitrogens with one attached hydrogen (secondary N) is 1. The monoisotopic (exact) mass is 260 g/mol. The number of fused-ring (bicyclic) bond motifs is 1. The van der Waals surface area contributed by atoms with Crippen LogP contribution in [0.1, 0.15) is 10.4 Å². The van der Waals surface area contributed by atoms with E-state index in [9.17, 15) is 4.79 Å². The normalized spacial score (nSPS) is 10.9. The van der Waals surface area contributed by atoms with Crippen molar-refractivity contribution in [3.63, 3.8) is 0 Å². The van der Waals surface area contributed by atoms with Crippen LogP contribution in [0.3, 0.4) is 0 Å². The fourth-order valence-electron chi connectivity index (χ4n) is 1.70. The van der Waals surface area contributed by atoms with Crippen molar-refractivity contribution >= 4 is 22.8 Å². The van der Waals surface area contributed by atoms with Gasteiger partial charge in [0.2, 0.25) is 5.95 Å². The highest BCUT2D eigenvalue weighted by Crippen LogP contribution is 2.17. The topological polar surface area (TPSA) is 78.4 Å². The van der Waals surface area contributed by atoms with Gasteiger partial charge in [-0.1, -0.05) is 12.1 Å². The van der Waals surface area contributed by atoms with E-state index < -0.39 is 5.97 Å². The lowest BCUT2D eigenvalue weighted by atomic mass is 10.1. The van der Waals surface area contributed by atoms with Crippen molar-refractivity contribution in [1.29, 1.82) is 0 Å². The molecule has 2 rings (SSSR count). The fourth-order valence-corrected chi connectivity index (χ4v) is 1.70. The van der Waals surface area contributed by atoms with E-state index in [1.54, 1.807) is 24.4 Å². The molecule has 0 spiro atoms. The number of rotatable bonds is 5. The summed E-state index contributed by atoms with van der Waals surface area (Å²) < 4.78 is 0. The number of carboxylic acid groups (broad SMARTS) is 1. The first-order chi connectivity index (χ1) is 9.08. The molecule has 0 aliphatic rings. The van der Waals surface area contributed by atoms with Gasteiger partial charge in [-0.15, -0.1) is 0 Å². The van der Waals surface area contributed by atoms with Crippen molar-refractivity contribution in [2.45, 2.75) is 0 Å². The minimum absolute atomic E-state index is 0.190. The van der Waals surface area contributed by atoms with Crippen LogP contribution in [0.4, 0.5) is 5.95 Å². The van der Waals surface area contributed by atoms with E-state index in [0.717, 1.165) is 11.9 Å². The van der Waals surface area contributed by atoms with Crippen molar-refractivity contribution in [3.05, 3.63) is 30.0 Å². The molecular weight excluding hydrogens is 244 g/mol. The van der Waals surface area contributed by atoms with E-state index >= 15 is 0 Å². The summed E-state index contributed by atoms with van der Waals surface area (Å²) in [7, 11) is 3.96. The van der Waals surface area contributed by atoms with Gasteiger partial charge >= 0.3 is 5.97 Å². The van der Waals surface area contributed by atoms with Crippen molar-refractivity contribution in [2.75, 3.05) is 32.5 Å². The highest BCUT2D eigenvalue weighted by Gasteiger charge is 2.10. The standard InChI is InChI=1S/C13H16N4O2/c1-17(2)7-6-14-13-15-8-9-4-3-5-10(12(18)19)11(9)16-13/h3-5,8H,6-7H2,1-2H3,(H,18,19)(H,14,15,16).